The summed E-state index contributed by atoms with van der Waals surface area (Å²) in [4.78, 5) is 24.4. The second kappa shape index (κ2) is 7.66. The summed E-state index contributed by atoms with van der Waals surface area (Å²) in [5.74, 6) is -0.680. The van der Waals surface area contributed by atoms with E-state index >= 15 is 0 Å². The number of carbonyl (C=O) groups is 1. The highest BCUT2D eigenvalue weighted by Crippen LogP contribution is 2.31. The first-order chi connectivity index (χ1) is 12.5. The Bertz CT molecular complexity index is 843. The molecule has 0 heterocycles. The first-order valence-electron chi connectivity index (χ1n) is 8.11. The molecule has 3 rings (SSSR count). The Hall–Kier alpha value is -2.73. The molecule has 0 saturated heterocycles. The van der Waals surface area contributed by atoms with E-state index in [-0.39, 0.29) is 24.2 Å². The second-order valence-corrected chi connectivity index (χ2v) is 6.49. The van der Waals surface area contributed by atoms with Crippen molar-refractivity contribution in [2.45, 2.75) is 25.4 Å². The number of nitrogens with zero attached hydrogens (tertiary/aromatic N) is 2. The van der Waals surface area contributed by atoms with Gasteiger partial charge in [0.15, 0.2) is 0 Å². The van der Waals surface area contributed by atoms with Crippen molar-refractivity contribution in [3.8, 4) is 0 Å². The average Bonchev–Trinajstić information content (AvgIpc) is 3.45. The first-order valence-corrected chi connectivity index (χ1v) is 8.49. The van der Waals surface area contributed by atoms with E-state index in [2.05, 4.69) is 0 Å². The number of rotatable bonds is 6. The van der Waals surface area contributed by atoms with Crippen molar-refractivity contribution < 1.29 is 14.1 Å². The van der Waals surface area contributed by atoms with Crippen LogP contribution in [0.15, 0.2) is 48.5 Å². The number of benzene rings is 2. The van der Waals surface area contributed by atoms with Gasteiger partial charge in [-0.3, -0.25) is 14.9 Å². The lowest BCUT2D eigenvalue weighted by molar-refractivity contribution is -0.384. The van der Waals surface area contributed by atoms with Crippen LogP contribution in [0.2, 0.25) is 5.02 Å². The van der Waals surface area contributed by atoms with Crippen molar-refractivity contribution >= 4 is 29.3 Å². The van der Waals surface area contributed by atoms with Gasteiger partial charge in [0.2, 0.25) is 5.91 Å². The highest BCUT2D eigenvalue weighted by Gasteiger charge is 2.32. The van der Waals surface area contributed by atoms with Crippen LogP contribution in [0.5, 0.6) is 0 Å². The smallest absolute Gasteiger partial charge is 0.269 e. The van der Waals surface area contributed by atoms with Crippen LogP contribution < -0.4 is 0 Å². The fourth-order valence-electron chi connectivity index (χ4n) is 2.60. The number of non-ortho nitro benzene ring substituents is 1. The van der Waals surface area contributed by atoms with Crippen LogP contribution in [0.25, 0.3) is 6.08 Å². The van der Waals surface area contributed by atoms with Gasteiger partial charge in [-0.1, -0.05) is 17.7 Å². The maximum Gasteiger partial charge on any atom is 0.269 e. The summed E-state index contributed by atoms with van der Waals surface area (Å²) < 4.78 is 14.0. The van der Waals surface area contributed by atoms with E-state index in [1.807, 2.05) is 0 Å². The van der Waals surface area contributed by atoms with E-state index < -0.39 is 10.7 Å². The summed E-state index contributed by atoms with van der Waals surface area (Å²) in [6, 6.07) is 10.4. The lowest BCUT2D eigenvalue weighted by atomic mass is 10.1. The molecular weight excluding hydrogens is 359 g/mol. The maximum atomic E-state index is 14.0. The van der Waals surface area contributed by atoms with Crippen molar-refractivity contribution in [1.82, 2.24) is 4.90 Å². The van der Waals surface area contributed by atoms with Gasteiger partial charge in [0.25, 0.3) is 5.69 Å². The summed E-state index contributed by atoms with van der Waals surface area (Å²) in [6.07, 6.45) is 4.74. The third kappa shape index (κ3) is 4.26. The number of nitro benzene ring substituents is 1. The molecule has 1 aliphatic carbocycles. The minimum Gasteiger partial charge on any atom is -0.332 e. The number of hydrogen-bond acceptors (Lipinski definition) is 3. The molecule has 1 saturated carbocycles. The summed E-state index contributed by atoms with van der Waals surface area (Å²) in [6.45, 7) is 0.111. The number of halogens is 2. The molecule has 0 bridgehead atoms. The third-order valence-electron chi connectivity index (χ3n) is 4.18. The Labute approximate surface area is 154 Å². The van der Waals surface area contributed by atoms with Crippen LogP contribution in [-0.2, 0) is 11.3 Å². The van der Waals surface area contributed by atoms with Crippen molar-refractivity contribution in [1.29, 1.82) is 0 Å². The molecule has 2 aromatic rings. The van der Waals surface area contributed by atoms with E-state index in [9.17, 15) is 19.3 Å². The monoisotopic (exact) mass is 374 g/mol. The van der Waals surface area contributed by atoms with E-state index in [1.165, 1.54) is 30.3 Å². The molecule has 1 amide bonds. The predicted molar refractivity (Wildman–Crippen MR) is 97.1 cm³/mol. The zero-order valence-electron chi connectivity index (χ0n) is 13.8. The van der Waals surface area contributed by atoms with Crippen LogP contribution in [0, 0.1) is 15.9 Å². The Morgan fingerprint density at radius 3 is 2.54 bits per heavy atom. The van der Waals surface area contributed by atoms with Gasteiger partial charge in [-0.25, -0.2) is 4.39 Å². The predicted octanol–water partition coefficient (Wildman–Crippen LogP) is 4.59. The Kier molecular flexibility index (Phi) is 5.32. The molecule has 1 fully saturated rings. The van der Waals surface area contributed by atoms with Gasteiger partial charge in [0.1, 0.15) is 5.82 Å². The van der Waals surface area contributed by atoms with Crippen molar-refractivity contribution in [3.05, 3.63) is 80.6 Å². The molecule has 5 nitrogen and oxygen atoms in total. The van der Waals surface area contributed by atoms with E-state index in [0.717, 1.165) is 12.8 Å². The van der Waals surface area contributed by atoms with Gasteiger partial charge in [-0.15, -0.1) is 0 Å². The van der Waals surface area contributed by atoms with Gasteiger partial charge in [-0.05, 0) is 48.7 Å². The fourth-order valence-corrected chi connectivity index (χ4v) is 2.82. The van der Waals surface area contributed by atoms with Crippen LogP contribution >= 0.6 is 11.6 Å². The van der Waals surface area contributed by atoms with Crippen LogP contribution in [0.1, 0.15) is 24.0 Å². The topological polar surface area (TPSA) is 63.4 Å². The number of hydrogen-bond donors (Lipinski definition) is 0. The lowest BCUT2D eigenvalue weighted by Gasteiger charge is -2.22. The minimum atomic E-state index is -0.481. The van der Waals surface area contributed by atoms with Gasteiger partial charge in [0.05, 0.1) is 11.5 Å². The van der Waals surface area contributed by atoms with Crippen LogP contribution in [-0.4, -0.2) is 21.8 Å². The maximum absolute atomic E-state index is 14.0. The number of nitro groups is 1. The fraction of sp³-hybridized carbons (Fsp3) is 0.211. The van der Waals surface area contributed by atoms with E-state index in [4.69, 9.17) is 11.6 Å². The van der Waals surface area contributed by atoms with Gasteiger partial charge >= 0.3 is 0 Å². The normalized spacial score (nSPS) is 13.8. The summed E-state index contributed by atoms with van der Waals surface area (Å²) in [7, 11) is 0. The molecule has 1 aliphatic rings. The van der Waals surface area contributed by atoms with Gasteiger partial charge in [0, 0.05) is 34.8 Å². The largest absolute Gasteiger partial charge is 0.332 e. The molecule has 0 aromatic heterocycles. The molecule has 7 heteroatoms. The molecule has 0 radical (unpaired) electrons. The quantitative estimate of drug-likeness (QED) is 0.422. The van der Waals surface area contributed by atoms with Crippen LogP contribution in [0.3, 0.4) is 0 Å². The zero-order chi connectivity index (χ0) is 18.7. The van der Waals surface area contributed by atoms with Crippen molar-refractivity contribution in [3.63, 3.8) is 0 Å². The average molecular weight is 375 g/mol. The number of amides is 1. The molecule has 0 unspecified atom stereocenters. The Morgan fingerprint density at radius 2 is 1.96 bits per heavy atom. The summed E-state index contributed by atoms with van der Waals surface area (Å²) in [5.41, 5.74) is 0.962. The SMILES string of the molecule is O=C(/C=C/c1ccc([N+](=O)[O-])cc1)N(Cc1c(F)cccc1Cl)C1CC1. The molecule has 0 spiro atoms. The Morgan fingerprint density at radius 1 is 1.27 bits per heavy atom. The third-order valence-corrected chi connectivity index (χ3v) is 4.54. The molecule has 26 heavy (non-hydrogen) atoms. The van der Waals surface area contributed by atoms with Crippen LogP contribution in [0.4, 0.5) is 10.1 Å². The Balaban J connectivity index is 1.74. The van der Waals surface area contributed by atoms with E-state index in [1.54, 1.807) is 29.2 Å². The van der Waals surface area contributed by atoms with E-state index in [0.29, 0.717) is 16.1 Å². The van der Waals surface area contributed by atoms with Crippen molar-refractivity contribution in [2.75, 3.05) is 0 Å². The summed E-state index contributed by atoms with van der Waals surface area (Å²) >= 11 is 6.07. The zero-order valence-corrected chi connectivity index (χ0v) is 14.5. The van der Waals surface area contributed by atoms with Crippen molar-refractivity contribution in [2.24, 2.45) is 0 Å². The standard InChI is InChI=1S/C19H16ClFN2O3/c20-17-2-1-3-18(21)16(17)12-22(14-9-10-14)19(24)11-6-13-4-7-15(8-5-13)23(25)26/h1-8,11,14H,9-10,12H2/b11-6+. The number of carbonyl (C=O) groups excluding carboxylic acids is 1. The highest BCUT2D eigenvalue weighted by atomic mass is 35.5. The molecule has 0 atom stereocenters. The molecule has 134 valence electrons. The second-order valence-electron chi connectivity index (χ2n) is 6.08. The molecular formula is C19H16ClFN2O3. The summed E-state index contributed by atoms with van der Waals surface area (Å²) in [5, 5.41) is 11.0. The van der Waals surface area contributed by atoms with Gasteiger partial charge in [-0.2, -0.15) is 0 Å². The molecule has 0 aliphatic heterocycles. The molecule has 2 aromatic carbocycles. The first kappa shape index (κ1) is 18.1. The highest BCUT2D eigenvalue weighted by molar-refractivity contribution is 6.31. The lowest BCUT2D eigenvalue weighted by Crippen LogP contribution is -2.31. The molecule has 0 N–H and O–H groups in total. The van der Waals surface area contributed by atoms with Gasteiger partial charge < -0.3 is 4.90 Å². The minimum absolute atomic E-state index is 0.0118.